The van der Waals surface area contributed by atoms with Crippen molar-refractivity contribution in [3.05, 3.63) is 70.9 Å². The fourth-order valence-corrected chi connectivity index (χ4v) is 2.94. The molecule has 4 rings (SSSR count). The number of carbonyl (C=O) groups excluding carboxylic acids is 1. The number of ether oxygens (including phenoxy) is 3. The molecule has 1 aliphatic rings. The van der Waals surface area contributed by atoms with Crippen LogP contribution in [-0.2, 0) is 0 Å². The van der Waals surface area contributed by atoms with Gasteiger partial charge in [0.1, 0.15) is 11.5 Å². The van der Waals surface area contributed by atoms with Crippen LogP contribution in [0.4, 0.5) is 4.79 Å². The van der Waals surface area contributed by atoms with Gasteiger partial charge in [-0.2, -0.15) is 0 Å². The van der Waals surface area contributed by atoms with Crippen molar-refractivity contribution in [3.8, 4) is 23.1 Å². The molecule has 0 aliphatic heterocycles. The Bertz CT molecular complexity index is 1010. The van der Waals surface area contributed by atoms with Crippen molar-refractivity contribution in [3.63, 3.8) is 0 Å². The van der Waals surface area contributed by atoms with E-state index in [4.69, 9.17) is 25.8 Å². The lowest BCUT2D eigenvalue weighted by atomic mass is 10.1. The maximum atomic E-state index is 12.2. The van der Waals surface area contributed by atoms with Crippen molar-refractivity contribution in [2.75, 3.05) is 0 Å². The molecule has 1 saturated carbocycles. The van der Waals surface area contributed by atoms with Crippen molar-refractivity contribution in [1.29, 1.82) is 0 Å². The predicted molar refractivity (Wildman–Crippen MR) is 103 cm³/mol. The second-order valence-electron chi connectivity index (χ2n) is 6.47. The maximum absolute atomic E-state index is 12.2. The smallest absolute Gasteiger partial charge is 0.434 e. The summed E-state index contributed by atoms with van der Waals surface area (Å²) >= 11 is 5.93. The molecule has 0 radical (unpaired) electrons. The molecule has 142 valence electrons. The molecule has 0 spiro atoms. The van der Waals surface area contributed by atoms with E-state index in [9.17, 15) is 4.79 Å². The van der Waals surface area contributed by atoms with Gasteiger partial charge < -0.3 is 14.2 Å². The number of aromatic nitrogens is 2. The number of para-hydroxylation sites is 2. The van der Waals surface area contributed by atoms with Gasteiger partial charge in [-0.05, 0) is 48.9 Å². The zero-order valence-electron chi connectivity index (χ0n) is 15.1. The molecule has 0 atom stereocenters. The van der Waals surface area contributed by atoms with Gasteiger partial charge in [0.15, 0.2) is 5.15 Å². The highest BCUT2D eigenvalue weighted by atomic mass is 35.5. The third-order valence-electron chi connectivity index (χ3n) is 4.29. The van der Waals surface area contributed by atoms with Gasteiger partial charge in [-0.1, -0.05) is 48.0 Å². The first-order valence-corrected chi connectivity index (χ1v) is 9.23. The normalized spacial score (nSPS) is 13.1. The molecule has 0 saturated heterocycles. The van der Waals surface area contributed by atoms with Crippen LogP contribution in [0, 0.1) is 6.92 Å². The molecule has 3 aromatic rings. The molecule has 0 amide bonds. The van der Waals surface area contributed by atoms with E-state index < -0.39 is 6.16 Å². The number of benzene rings is 2. The van der Waals surface area contributed by atoms with Gasteiger partial charge in [-0.3, -0.25) is 0 Å². The third kappa shape index (κ3) is 4.23. The highest BCUT2D eigenvalue weighted by molar-refractivity contribution is 6.29. The number of hydrogen-bond donors (Lipinski definition) is 0. The van der Waals surface area contributed by atoms with E-state index in [1.165, 1.54) is 6.07 Å². The van der Waals surface area contributed by atoms with Crippen molar-refractivity contribution in [2.24, 2.45) is 0 Å². The first-order valence-electron chi connectivity index (χ1n) is 8.85. The molecular weight excluding hydrogens is 380 g/mol. The van der Waals surface area contributed by atoms with Crippen molar-refractivity contribution in [1.82, 2.24) is 10.2 Å². The average molecular weight is 397 g/mol. The van der Waals surface area contributed by atoms with Crippen molar-refractivity contribution in [2.45, 2.75) is 25.7 Å². The second kappa shape index (κ2) is 7.86. The largest absolute Gasteiger partial charge is 0.519 e. The van der Waals surface area contributed by atoms with Crippen LogP contribution in [0.5, 0.6) is 23.1 Å². The van der Waals surface area contributed by atoms with E-state index in [2.05, 4.69) is 10.2 Å². The molecule has 0 unspecified atom stereocenters. The SMILES string of the molecule is Cc1cccc(C2CC2)c1Oc1nnc(Cl)cc1OC(=O)Oc1ccccc1. The van der Waals surface area contributed by atoms with Gasteiger partial charge in [0, 0.05) is 6.07 Å². The second-order valence-corrected chi connectivity index (χ2v) is 6.86. The summed E-state index contributed by atoms with van der Waals surface area (Å²) in [6.45, 7) is 1.95. The molecule has 28 heavy (non-hydrogen) atoms. The standard InChI is InChI=1S/C21H17ClN2O4/c1-13-6-5-9-16(14-10-11-14)19(13)28-20-17(12-18(22)23-24-20)27-21(25)26-15-7-3-2-4-8-15/h2-9,12,14H,10-11H2,1H3. The average Bonchev–Trinajstić information content (AvgIpc) is 3.51. The van der Waals surface area contributed by atoms with Gasteiger partial charge >= 0.3 is 6.16 Å². The highest BCUT2D eigenvalue weighted by Gasteiger charge is 2.28. The quantitative estimate of drug-likeness (QED) is 0.407. The summed E-state index contributed by atoms with van der Waals surface area (Å²) in [5.41, 5.74) is 2.06. The summed E-state index contributed by atoms with van der Waals surface area (Å²) in [7, 11) is 0. The van der Waals surface area contributed by atoms with Crippen LogP contribution in [0.1, 0.15) is 29.9 Å². The van der Waals surface area contributed by atoms with Crippen molar-refractivity contribution < 1.29 is 19.0 Å². The minimum atomic E-state index is -0.924. The zero-order chi connectivity index (χ0) is 19.5. The Kier molecular flexibility index (Phi) is 5.12. The molecule has 6 nitrogen and oxygen atoms in total. The lowest BCUT2D eigenvalue weighted by Gasteiger charge is -2.14. The van der Waals surface area contributed by atoms with E-state index in [-0.39, 0.29) is 16.8 Å². The Labute approximate surface area is 167 Å². The number of halogens is 1. The Morgan fingerprint density at radius 2 is 1.82 bits per heavy atom. The Morgan fingerprint density at radius 1 is 1.04 bits per heavy atom. The summed E-state index contributed by atoms with van der Waals surface area (Å²) < 4.78 is 16.5. The van der Waals surface area contributed by atoms with Gasteiger partial charge in [0.2, 0.25) is 5.75 Å². The number of rotatable bonds is 5. The maximum Gasteiger partial charge on any atom is 0.519 e. The van der Waals surface area contributed by atoms with Crippen LogP contribution in [0.2, 0.25) is 5.15 Å². The Morgan fingerprint density at radius 3 is 2.57 bits per heavy atom. The van der Waals surface area contributed by atoms with Crippen molar-refractivity contribution >= 4 is 17.8 Å². The van der Waals surface area contributed by atoms with E-state index in [1.807, 2.05) is 31.2 Å². The van der Waals surface area contributed by atoms with E-state index in [0.29, 0.717) is 17.4 Å². The van der Waals surface area contributed by atoms with E-state index in [1.54, 1.807) is 24.3 Å². The van der Waals surface area contributed by atoms with Crippen LogP contribution < -0.4 is 14.2 Å². The highest BCUT2D eigenvalue weighted by Crippen LogP contribution is 2.46. The first-order chi connectivity index (χ1) is 13.6. The van der Waals surface area contributed by atoms with Gasteiger partial charge in [-0.15, -0.1) is 10.2 Å². The Balaban J connectivity index is 1.58. The first kappa shape index (κ1) is 18.3. The zero-order valence-corrected chi connectivity index (χ0v) is 15.8. The van der Waals surface area contributed by atoms with E-state index >= 15 is 0 Å². The predicted octanol–water partition coefficient (Wildman–Crippen LogP) is 5.69. The summed E-state index contributed by atoms with van der Waals surface area (Å²) in [6, 6.07) is 16.0. The molecule has 1 aliphatic carbocycles. The minimum absolute atomic E-state index is 0.0333. The van der Waals surface area contributed by atoms with Crippen LogP contribution in [0.3, 0.4) is 0 Å². The third-order valence-corrected chi connectivity index (χ3v) is 4.48. The lowest BCUT2D eigenvalue weighted by molar-refractivity contribution is 0.150. The summed E-state index contributed by atoms with van der Waals surface area (Å²) in [6.07, 6.45) is 1.32. The lowest BCUT2D eigenvalue weighted by Crippen LogP contribution is -2.14. The molecule has 0 N–H and O–H groups in total. The Hall–Kier alpha value is -3.12. The molecule has 1 fully saturated rings. The van der Waals surface area contributed by atoms with Gasteiger partial charge in [0.05, 0.1) is 0 Å². The summed E-state index contributed by atoms with van der Waals surface area (Å²) in [4.78, 5) is 12.2. The molecule has 1 heterocycles. The van der Waals surface area contributed by atoms with Crippen LogP contribution in [-0.4, -0.2) is 16.4 Å². The summed E-state index contributed by atoms with van der Waals surface area (Å²) in [5, 5.41) is 7.84. The molecular formula is C21H17ClN2O4. The minimum Gasteiger partial charge on any atom is -0.434 e. The molecule has 1 aromatic heterocycles. The fraction of sp³-hybridized carbons (Fsp3) is 0.190. The van der Waals surface area contributed by atoms with Crippen LogP contribution in [0.25, 0.3) is 0 Å². The summed E-state index contributed by atoms with van der Waals surface area (Å²) in [5.74, 6) is 1.61. The number of carbonyl (C=O) groups is 1. The number of nitrogens with zero attached hydrogens (tertiary/aromatic N) is 2. The van der Waals surface area contributed by atoms with Gasteiger partial charge in [-0.25, -0.2) is 4.79 Å². The topological polar surface area (TPSA) is 70.5 Å². The molecule has 0 bridgehead atoms. The fourth-order valence-electron chi connectivity index (χ4n) is 2.81. The van der Waals surface area contributed by atoms with Gasteiger partial charge in [0.25, 0.3) is 5.88 Å². The number of hydrogen-bond acceptors (Lipinski definition) is 6. The van der Waals surface area contributed by atoms with Crippen LogP contribution in [0.15, 0.2) is 54.6 Å². The number of aryl methyl sites for hydroxylation is 1. The van der Waals surface area contributed by atoms with E-state index in [0.717, 1.165) is 24.0 Å². The molecule has 2 aromatic carbocycles. The molecule has 7 heteroatoms. The van der Waals surface area contributed by atoms with Crippen LogP contribution >= 0.6 is 11.6 Å². The monoisotopic (exact) mass is 396 g/mol.